The first-order valence-corrected chi connectivity index (χ1v) is 6.89. The second-order valence-electron chi connectivity index (χ2n) is 5.20. The zero-order chi connectivity index (χ0) is 13.9. The molecule has 2 aliphatic rings. The van der Waals surface area contributed by atoms with E-state index < -0.39 is 0 Å². The molecule has 3 rings (SSSR count). The molecule has 1 aromatic rings. The summed E-state index contributed by atoms with van der Waals surface area (Å²) < 4.78 is 5.59. The van der Waals surface area contributed by atoms with Crippen LogP contribution in [-0.2, 0) is 4.74 Å². The lowest BCUT2D eigenvalue weighted by atomic mass is 10.1. The Bertz CT molecular complexity index is 522. The van der Waals surface area contributed by atoms with E-state index in [1.807, 2.05) is 6.07 Å². The molecule has 2 unspecified atom stereocenters. The summed E-state index contributed by atoms with van der Waals surface area (Å²) in [4.78, 5) is 10.7. The molecule has 3 N–H and O–H groups in total. The van der Waals surface area contributed by atoms with Gasteiger partial charge in [0, 0.05) is 0 Å². The highest BCUT2D eigenvalue weighted by Gasteiger charge is 2.34. The molecule has 2 saturated heterocycles. The molecule has 0 saturated carbocycles. The molecule has 7 heteroatoms. The fourth-order valence-electron chi connectivity index (χ4n) is 2.83. The molecule has 0 spiro atoms. The van der Waals surface area contributed by atoms with Crippen molar-refractivity contribution in [2.45, 2.75) is 24.9 Å². The van der Waals surface area contributed by atoms with Crippen LogP contribution in [0.3, 0.4) is 0 Å². The van der Waals surface area contributed by atoms with Gasteiger partial charge in [-0.3, -0.25) is 4.90 Å². The topological polar surface area (TPSA) is 100 Å². The lowest BCUT2D eigenvalue weighted by Crippen LogP contribution is -2.45. The van der Waals surface area contributed by atoms with Gasteiger partial charge < -0.3 is 15.8 Å². The third-order valence-electron chi connectivity index (χ3n) is 3.91. The highest BCUT2D eigenvalue weighted by molar-refractivity contribution is 5.50. The van der Waals surface area contributed by atoms with Gasteiger partial charge in [0.25, 0.3) is 0 Å². The smallest absolute Gasteiger partial charge is 0.225 e. The zero-order valence-corrected chi connectivity index (χ0v) is 11.2. The van der Waals surface area contributed by atoms with Gasteiger partial charge in [-0.2, -0.15) is 10.2 Å². The van der Waals surface area contributed by atoms with E-state index in [0.29, 0.717) is 24.2 Å². The Morgan fingerprint density at radius 2 is 2.20 bits per heavy atom. The van der Waals surface area contributed by atoms with E-state index in [1.165, 1.54) is 19.0 Å². The molecular formula is C13H18N6O. The van der Waals surface area contributed by atoms with Crippen LogP contribution in [-0.4, -0.2) is 53.3 Å². The fourth-order valence-corrected chi connectivity index (χ4v) is 2.83. The molecular weight excluding hydrogens is 256 g/mol. The average Bonchev–Trinajstić information content (AvgIpc) is 3.09. The van der Waals surface area contributed by atoms with Gasteiger partial charge in [-0.1, -0.05) is 0 Å². The number of nitrogens with two attached hydrogens (primary N) is 1. The van der Waals surface area contributed by atoms with Crippen LogP contribution in [0.5, 0.6) is 0 Å². The van der Waals surface area contributed by atoms with Crippen molar-refractivity contribution in [2.24, 2.45) is 0 Å². The van der Waals surface area contributed by atoms with Crippen LogP contribution < -0.4 is 11.1 Å². The van der Waals surface area contributed by atoms with Crippen molar-refractivity contribution in [1.82, 2.24) is 14.9 Å². The second-order valence-corrected chi connectivity index (χ2v) is 5.20. The quantitative estimate of drug-likeness (QED) is 0.812. The van der Waals surface area contributed by atoms with Gasteiger partial charge in [0.05, 0.1) is 31.5 Å². The molecule has 0 aromatic carbocycles. The molecule has 106 valence electrons. The molecule has 2 aliphatic heterocycles. The van der Waals surface area contributed by atoms with E-state index in [1.54, 1.807) is 0 Å². The Morgan fingerprint density at radius 1 is 1.40 bits per heavy atom. The van der Waals surface area contributed by atoms with Crippen molar-refractivity contribution >= 4 is 11.8 Å². The van der Waals surface area contributed by atoms with Crippen molar-refractivity contribution in [1.29, 1.82) is 5.26 Å². The Morgan fingerprint density at radius 3 is 2.90 bits per heavy atom. The van der Waals surface area contributed by atoms with Gasteiger partial charge in [0.1, 0.15) is 17.5 Å². The van der Waals surface area contributed by atoms with Crippen LogP contribution in [0.25, 0.3) is 0 Å². The minimum absolute atomic E-state index is 0.167. The van der Waals surface area contributed by atoms with E-state index in [9.17, 15) is 0 Å². The number of rotatable bonds is 3. The zero-order valence-electron chi connectivity index (χ0n) is 11.2. The third-order valence-corrected chi connectivity index (χ3v) is 3.91. The maximum atomic E-state index is 8.82. The van der Waals surface area contributed by atoms with Gasteiger partial charge in [0.2, 0.25) is 5.95 Å². The first kappa shape index (κ1) is 13.1. The summed E-state index contributed by atoms with van der Waals surface area (Å²) in [7, 11) is 0. The summed E-state index contributed by atoms with van der Waals surface area (Å²) in [6.07, 6.45) is 3.96. The summed E-state index contributed by atoms with van der Waals surface area (Å²) in [6.45, 7) is 3.64. The van der Waals surface area contributed by atoms with Crippen LogP contribution >= 0.6 is 0 Å². The number of nitriles is 1. The lowest BCUT2D eigenvalue weighted by molar-refractivity contribution is 0.159. The monoisotopic (exact) mass is 274 g/mol. The number of nitrogen functional groups attached to an aromatic ring is 1. The first-order chi connectivity index (χ1) is 9.78. The van der Waals surface area contributed by atoms with E-state index in [0.717, 1.165) is 19.7 Å². The molecule has 2 atom stereocenters. The number of nitrogens with one attached hydrogen (secondary N) is 1. The van der Waals surface area contributed by atoms with Crippen LogP contribution in [0.15, 0.2) is 6.20 Å². The van der Waals surface area contributed by atoms with Crippen LogP contribution in [0, 0.1) is 11.3 Å². The summed E-state index contributed by atoms with van der Waals surface area (Å²) in [5, 5.41) is 12.1. The largest absolute Gasteiger partial charge is 0.382 e. The Balaban J connectivity index is 1.70. The number of likely N-dealkylation sites (tertiary alicyclic amines) is 1. The second kappa shape index (κ2) is 5.61. The summed E-state index contributed by atoms with van der Waals surface area (Å²) in [5.41, 5.74) is 6.01. The van der Waals surface area contributed by atoms with E-state index in [2.05, 4.69) is 20.2 Å². The predicted octanol–water partition coefficient (Wildman–Crippen LogP) is 0.206. The molecule has 0 bridgehead atoms. The molecule has 0 amide bonds. The molecule has 7 nitrogen and oxygen atoms in total. The minimum atomic E-state index is 0.167. The molecule has 3 heterocycles. The van der Waals surface area contributed by atoms with Gasteiger partial charge in [-0.05, 0) is 25.9 Å². The highest BCUT2D eigenvalue weighted by Crippen LogP contribution is 2.21. The van der Waals surface area contributed by atoms with Crippen LogP contribution in [0.4, 0.5) is 11.8 Å². The van der Waals surface area contributed by atoms with Crippen molar-refractivity contribution in [3.8, 4) is 6.07 Å². The normalized spacial score (nSPS) is 26.6. The third kappa shape index (κ3) is 2.53. The van der Waals surface area contributed by atoms with Gasteiger partial charge >= 0.3 is 0 Å². The van der Waals surface area contributed by atoms with Crippen LogP contribution in [0.2, 0.25) is 0 Å². The maximum absolute atomic E-state index is 8.82. The van der Waals surface area contributed by atoms with Crippen molar-refractivity contribution in [3.63, 3.8) is 0 Å². The number of hydrogen-bond acceptors (Lipinski definition) is 7. The van der Waals surface area contributed by atoms with Gasteiger partial charge in [-0.15, -0.1) is 0 Å². The van der Waals surface area contributed by atoms with Crippen LogP contribution in [0.1, 0.15) is 18.4 Å². The molecule has 2 fully saturated rings. The summed E-state index contributed by atoms with van der Waals surface area (Å²) in [6, 6.07) is 2.49. The van der Waals surface area contributed by atoms with E-state index >= 15 is 0 Å². The SMILES string of the molecule is N#Cc1cnc(NC2COCC2N2CCCC2)nc1N. The minimum Gasteiger partial charge on any atom is -0.382 e. The molecule has 0 radical (unpaired) electrons. The number of anilines is 2. The van der Waals surface area contributed by atoms with E-state index in [4.69, 9.17) is 15.7 Å². The molecule has 0 aliphatic carbocycles. The molecule has 20 heavy (non-hydrogen) atoms. The summed E-state index contributed by atoms with van der Waals surface area (Å²) >= 11 is 0. The first-order valence-electron chi connectivity index (χ1n) is 6.89. The Labute approximate surface area is 117 Å². The highest BCUT2D eigenvalue weighted by atomic mass is 16.5. The molecule has 1 aromatic heterocycles. The fraction of sp³-hybridized carbons (Fsp3) is 0.615. The number of ether oxygens (including phenoxy) is 1. The van der Waals surface area contributed by atoms with Crippen molar-refractivity contribution < 1.29 is 4.74 Å². The number of aromatic nitrogens is 2. The standard InChI is InChI=1S/C13H18N6O/c14-5-9-6-16-13(18-12(9)15)17-10-7-20-8-11(10)19-3-1-2-4-19/h6,10-11H,1-4,7-8H2,(H3,15,16,17,18). The lowest BCUT2D eigenvalue weighted by Gasteiger charge is -2.27. The average molecular weight is 274 g/mol. The number of hydrogen-bond donors (Lipinski definition) is 2. The summed E-state index contributed by atoms with van der Waals surface area (Å²) in [5.74, 6) is 0.669. The Kier molecular flexibility index (Phi) is 3.67. The Hall–Kier alpha value is -1.91. The van der Waals surface area contributed by atoms with Gasteiger partial charge in [0.15, 0.2) is 0 Å². The predicted molar refractivity (Wildman–Crippen MR) is 74.0 cm³/mol. The van der Waals surface area contributed by atoms with Crippen molar-refractivity contribution in [2.75, 3.05) is 37.4 Å². The maximum Gasteiger partial charge on any atom is 0.225 e. The number of nitrogens with zero attached hydrogens (tertiary/aromatic N) is 4. The van der Waals surface area contributed by atoms with Gasteiger partial charge in [-0.25, -0.2) is 4.98 Å². The van der Waals surface area contributed by atoms with E-state index in [-0.39, 0.29) is 11.9 Å². The van der Waals surface area contributed by atoms with Crippen molar-refractivity contribution in [3.05, 3.63) is 11.8 Å².